The van der Waals surface area contributed by atoms with Crippen molar-refractivity contribution in [3.63, 3.8) is 0 Å². The van der Waals surface area contributed by atoms with Crippen LogP contribution in [0.3, 0.4) is 0 Å². The van der Waals surface area contributed by atoms with Gasteiger partial charge in [0.25, 0.3) is 0 Å². The average Bonchev–Trinajstić information content (AvgIpc) is 3.16. The Kier molecular flexibility index (Phi) is 4.33. The first-order valence-corrected chi connectivity index (χ1v) is 8.25. The Bertz CT molecular complexity index is 671. The number of nitrogens with zero attached hydrogens (tertiary/aromatic N) is 4. The van der Waals surface area contributed by atoms with Gasteiger partial charge in [0.15, 0.2) is 0 Å². The highest BCUT2D eigenvalue weighted by Gasteiger charge is 2.31. The van der Waals surface area contributed by atoms with Gasteiger partial charge in [-0.25, -0.2) is 9.97 Å². The lowest BCUT2D eigenvalue weighted by Crippen LogP contribution is -2.32. The molecule has 1 N–H and O–H groups in total. The molecule has 1 amide bonds. The summed E-state index contributed by atoms with van der Waals surface area (Å²) in [4.78, 5) is 27.6. The second-order valence-electron chi connectivity index (χ2n) is 5.36. The molecule has 22 heavy (non-hydrogen) atoms. The topological polar surface area (TPSA) is 71.0 Å². The van der Waals surface area contributed by atoms with E-state index < -0.39 is 0 Å². The lowest BCUT2D eigenvalue weighted by molar-refractivity contribution is -0.131. The Balaban J connectivity index is 1.75. The summed E-state index contributed by atoms with van der Waals surface area (Å²) in [5.74, 6) is 0.844. The van der Waals surface area contributed by atoms with Crippen LogP contribution < -0.4 is 5.32 Å². The molecule has 0 spiro atoms. The fraction of sp³-hybridized carbons (Fsp3) is 0.467. The standard InChI is InChI=1S/C15H19N5OS/c1-10-18-11(9-22-10)6-15(21)20-5-3-4-13(20)12-7-17-8-14(16-2)19-12/h7-9,13H,3-6H2,1-2H3,(H,16,19). The van der Waals surface area contributed by atoms with E-state index >= 15 is 0 Å². The lowest BCUT2D eigenvalue weighted by atomic mass is 10.1. The quantitative estimate of drug-likeness (QED) is 0.936. The van der Waals surface area contributed by atoms with Gasteiger partial charge in [0.1, 0.15) is 5.82 Å². The van der Waals surface area contributed by atoms with Gasteiger partial charge < -0.3 is 10.2 Å². The predicted molar refractivity (Wildman–Crippen MR) is 85.8 cm³/mol. The summed E-state index contributed by atoms with van der Waals surface area (Å²) >= 11 is 1.58. The van der Waals surface area contributed by atoms with E-state index in [1.54, 1.807) is 23.7 Å². The Labute approximate surface area is 133 Å². The molecular formula is C15H19N5OS. The molecule has 2 aromatic heterocycles. The highest BCUT2D eigenvalue weighted by molar-refractivity contribution is 7.09. The number of thiazole rings is 1. The lowest BCUT2D eigenvalue weighted by Gasteiger charge is -2.24. The minimum absolute atomic E-state index is 0.0213. The molecule has 0 bridgehead atoms. The third-order valence-electron chi connectivity index (χ3n) is 3.82. The Morgan fingerprint density at radius 1 is 1.45 bits per heavy atom. The van der Waals surface area contributed by atoms with Crippen LogP contribution in [0.2, 0.25) is 0 Å². The first kappa shape index (κ1) is 14.9. The smallest absolute Gasteiger partial charge is 0.229 e. The van der Waals surface area contributed by atoms with Gasteiger partial charge >= 0.3 is 0 Å². The van der Waals surface area contributed by atoms with Gasteiger partial charge in [-0.3, -0.25) is 9.78 Å². The molecule has 6 nitrogen and oxygen atoms in total. The van der Waals surface area contributed by atoms with E-state index in [-0.39, 0.29) is 11.9 Å². The van der Waals surface area contributed by atoms with Crippen molar-refractivity contribution in [1.29, 1.82) is 0 Å². The SMILES string of the molecule is CNc1cncc(C2CCCN2C(=O)Cc2csc(C)n2)n1. The van der Waals surface area contributed by atoms with Crippen LogP contribution in [0.5, 0.6) is 0 Å². The molecule has 0 aromatic carbocycles. The van der Waals surface area contributed by atoms with Crippen molar-refractivity contribution in [1.82, 2.24) is 19.9 Å². The summed E-state index contributed by atoms with van der Waals surface area (Å²) < 4.78 is 0. The summed E-state index contributed by atoms with van der Waals surface area (Å²) in [5.41, 5.74) is 1.71. The predicted octanol–water partition coefficient (Wildman–Crippen LogP) is 2.19. The molecule has 1 aliphatic heterocycles. The van der Waals surface area contributed by atoms with Crippen LogP contribution in [0.25, 0.3) is 0 Å². The van der Waals surface area contributed by atoms with Crippen molar-refractivity contribution in [2.45, 2.75) is 32.2 Å². The number of carbonyl (C=O) groups excluding carboxylic acids is 1. The highest BCUT2D eigenvalue weighted by atomic mass is 32.1. The third-order valence-corrected chi connectivity index (χ3v) is 4.65. The number of aryl methyl sites for hydroxylation is 1. The van der Waals surface area contributed by atoms with E-state index in [2.05, 4.69) is 20.3 Å². The molecule has 0 aliphatic carbocycles. The van der Waals surface area contributed by atoms with E-state index in [4.69, 9.17) is 0 Å². The first-order chi connectivity index (χ1) is 10.7. The molecule has 1 atom stereocenters. The number of aromatic nitrogens is 3. The largest absolute Gasteiger partial charge is 0.372 e. The fourth-order valence-electron chi connectivity index (χ4n) is 2.78. The molecule has 2 aromatic rings. The Hall–Kier alpha value is -2.02. The van der Waals surface area contributed by atoms with Gasteiger partial charge in [-0.1, -0.05) is 0 Å². The minimum Gasteiger partial charge on any atom is -0.372 e. The number of rotatable bonds is 4. The van der Waals surface area contributed by atoms with Crippen molar-refractivity contribution >= 4 is 23.1 Å². The molecule has 1 unspecified atom stereocenters. The zero-order valence-corrected chi connectivity index (χ0v) is 13.6. The van der Waals surface area contributed by atoms with E-state index in [0.29, 0.717) is 6.42 Å². The van der Waals surface area contributed by atoms with Crippen LogP contribution >= 0.6 is 11.3 Å². The van der Waals surface area contributed by atoms with Crippen LogP contribution in [0, 0.1) is 6.92 Å². The monoisotopic (exact) mass is 317 g/mol. The summed E-state index contributed by atoms with van der Waals surface area (Å²) in [6, 6.07) is 0.0213. The van der Waals surface area contributed by atoms with E-state index in [1.165, 1.54) is 0 Å². The zero-order valence-electron chi connectivity index (χ0n) is 12.7. The van der Waals surface area contributed by atoms with E-state index in [9.17, 15) is 4.79 Å². The molecule has 0 radical (unpaired) electrons. The van der Waals surface area contributed by atoms with Gasteiger partial charge in [-0.2, -0.15) is 0 Å². The van der Waals surface area contributed by atoms with Gasteiger partial charge in [0, 0.05) is 19.0 Å². The van der Waals surface area contributed by atoms with Gasteiger partial charge in [-0.05, 0) is 19.8 Å². The number of carbonyl (C=O) groups is 1. The Morgan fingerprint density at radius 2 is 2.32 bits per heavy atom. The molecule has 1 fully saturated rings. The van der Waals surface area contributed by atoms with Crippen LogP contribution in [0.1, 0.15) is 35.3 Å². The number of nitrogens with one attached hydrogen (secondary N) is 1. The molecule has 0 saturated carbocycles. The number of hydrogen-bond donors (Lipinski definition) is 1. The van der Waals surface area contributed by atoms with Gasteiger partial charge in [-0.15, -0.1) is 11.3 Å². The molecule has 3 heterocycles. The molecule has 116 valence electrons. The van der Waals surface area contributed by atoms with Gasteiger partial charge in [0.2, 0.25) is 5.91 Å². The first-order valence-electron chi connectivity index (χ1n) is 7.37. The normalized spacial score (nSPS) is 17.7. The van der Waals surface area contributed by atoms with Crippen LogP contribution in [-0.2, 0) is 11.2 Å². The fourth-order valence-corrected chi connectivity index (χ4v) is 3.39. The molecule has 3 rings (SSSR count). The third kappa shape index (κ3) is 3.09. The molecule has 1 aliphatic rings. The van der Waals surface area contributed by atoms with Gasteiger partial charge in [0.05, 0.1) is 41.3 Å². The van der Waals surface area contributed by atoms with Crippen molar-refractivity contribution in [3.8, 4) is 0 Å². The zero-order chi connectivity index (χ0) is 15.5. The molecular weight excluding hydrogens is 298 g/mol. The Morgan fingerprint density at radius 3 is 3.05 bits per heavy atom. The maximum Gasteiger partial charge on any atom is 0.229 e. The van der Waals surface area contributed by atoms with Crippen molar-refractivity contribution in [3.05, 3.63) is 34.2 Å². The highest BCUT2D eigenvalue weighted by Crippen LogP contribution is 2.31. The number of amides is 1. The van der Waals surface area contributed by atoms with E-state index in [0.717, 1.165) is 41.6 Å². The maximum atomic E-state index is 12.6. The summed E-state index contributed by atoms with van der Waals surface area (Å²) in [5, 5.41) is 5.94. The van der Waals surface area contributed by atoms with Crippen LogP contribution in [-0.4, -0.2) is 39.4 Å². The van der Waals surface area contributed by atoms with Crippen LogP contribution in [0.15, 0.2) is 17.8 Å². The average molecular weight is 317 g/mol. The number of likely N-dealkylation sites (tertiary alicyclic amines) is 1. The number of hydrogen-bond acceptors (Lipinski definition) is 6. The molecule has 7 heteroatoms. The number of anilines is 1. The van der Waals surface area contributed by atoms with Crippen LogP contribution in [0.4, 0.5) is 5.82 Å². The maximum absolute atomic E-state index is 12.6. The molecule has 1 saturated heterocycles. The second-order valence-corrected chi connectivity index (χ2v) is 6.42. The second kappa shape index (κ2) is 6.39. The van der Waals surface area contributed by atoms with Crippen molar-refractivity contribution in [2.24, 2.45) is 0 Å². The summed E-state index contributed by atoms with van der Waals surface area (Å²) in [7, 11) is 1.82. The van der Waals surface area contributed by atoms with E-state index in [1.807, 2.05) is 24.3 Å². The van der Waals surface area contributed by atoms with Crippen molar-refractivity contribution in [2.75, 3.05) is 18.9 Å². The minimum atomic E-state index is 0.0213. The summed E-state index contributed by atoms with van der Waals surface area (Å²) in [6.07, 6.45) is 5.73. The summed E-state index contributed by atoms with van der Waals surface area (Å²) in [6.45, 7) is 2.73. The van der Waals surface area contributed by atoms with Crippen molar-refractivity contribution < 1.29 is 4.79 Å².